The van der Waals surface area contributed by atoms with E-state index in [1.165, 1.54) is 12.0 Å². The van der Waals surface area contributed by atoms with Gasteiger partial charge in [-0.15, -0.1) is 0 Å². The minimum absolute atomic E-state index is 0.0644. The summed E-state index contributed by atoms with van der Waals surface area (Å²) >= 11 is 0. The number of nitrogens with zero attached hydrogens (tertiary/aromatic N) is 1. The first-order valence-corrected chi connectivity index (χ1v) is 8.90. The van der Waals surface area contributed by atoms with Crippen molar-refractivity contribution in [3.05, 3.63) is 42.0 Å². The zero-order valence-corrected chi connectivity index (χ0v) is 15.0. The molecule has 26 heavy (non-hydrogen) atoms. The van der Waals surface area contributed by atoms with E-state index in [0.717, 1.165) is 6.42 Å². The van der Waals surface area contributed by atoms with Crippen molar-refractivity contribution in [3.8, 4) is 5.75 Å². The van der Waals surface area contributed by atoms with Gasteiger partial charge < -0.3 is 9.47 Å². The van der Waals surface area contributed by atoms with Gasteiger partial charge in [0.2, 0.25) is 11.8 Å². The third-order valence-electron chi connectivity index (χ3n) is 4.97. The minimum atomic E-state index is -0.669. The number of amides is 2. The molecule has 1 aliphatic carbocycles. The van der Waals surface area contributed by atoms with Crippen LogP contribution in [0.5, 0.6) is 5.75 Å². The maximum Gasteiger partial charge on any atom is 0.307 e. The molecule has 6 nitrogen and oxygen atoms in total. The summed E-state index contributed by atoms with van der Waals surface area (Å²) in [5, 5.41) is 0. The Kier molecular flexibility index (Phi) is 5.40. The van der Waals surface area contributed by atoms with Crippen LogP contribution in [-0.4, -0.2) is 36.4 Å². The van der Waals surface area contributed by atoms with E-state index in [-0.39, 0.29) is 24.2 Å². The lowest BCUT2D eigenvalue weighted by Crippen LogP contribution is -2.36. The number of carbonyl (C=O) groups excluding carboxylic acids is 3. The van der Waals surface area contributed by atoms with Gasteiger partial charge in [0.25, 0.3) is 0 Å². The summed E-state index contributed by atoms with van der Waals surface area (Å²) < 4.78 is 10.2. The quantitative estimate of drug-likeness (QED) is 0.445. The smallest absolute Gasteiger partial charge is 0.307 e. The molecule has 0 bridgehead atoms. The number of allylic oxidation sites excluding steroid dienone is 1. The number of hydrogen-bond donors (Lipinski definition) is 0. The molecule has 3 unspecified atom stereocenters. The van der Waals surface area contributed by atoms with Crippen LogP contribution in [0.3, 0.4) is 0 Å². The van der Waals surface area contributed by atoms with Gasteiger partial charge in [-0.2, -0.15) is 0 Å². The van der Waals surface area contributed by atoms with Crippen molar-refractivity contribution >= 4 is 17.8 Å². The highest BCUT2D eigenvalue weighted by molar-refractivity contribution is 6.06. The third-order valence-corrected chi connectivity index (χ3v) is 4.97. The molecule has 1 fully saturated rings. The van der Waals surface area contributed by atoms with Crippen molar-refractivity contribution in [3.63, 3.8) is 0 Å². The van der Waals surface area contributed by atoms with Crippen LogP contribution in [0.4, 0.5) is 0 Å². The predicted octanol–water partition coefficient (Wildman–Crippen LogP) is 2.64. The Morgan fingerprint density at radius 2 is 1.96 bits per heavy atom. The Balaban J connectivity index is 1.93. The number of esters is 1. The number of carbonyl (C=O) groups is 3. The lowest BCUT2D eigenvalue weighted by atomic mass is 9.86. The van der Waals surface area contributed by atoms with Gasteiger partial charge >= 0.3 is 5.97 Å². The summed E-state index contributed by atoms with van der Waals surface area (Å²) in [6, 6.07) is 6.47. The second-order valence-electron chi connectivity index (χ2n) is 6.48. The minimum Gasteiger partial charge on any atom is -0.494 e. The van der Waals surface area contributed by atoms with E-state index in [0.29, 0.717) is 24.3 Å². The second-order valence-corrected chi connectivity index (χ2v) is 6.48. The molecular formula is C20H23NO5. The maximum absolute atomic E-state index is 12.9. The van der Waals surface area contributed by atoms with Gasteiger partial charge in [-0.25, -0.2) is 0 Å². The predicted molar refractivity (Wildman–Crippen MR) is 94.2 cm³/mol. The fourth-order valence-corrected chi connectivity index (χ4v) is 3.67. The molecule has 1 saturated heterocycles. The van der Waals surface area contributed by atoms with E-state index in [1.807, 2.05) is 19.1 Å². The number of ether oxygens (including phenoxy) is 2. The molecule has 0 aromatic heterocycles. The number of rotatable bonds is 6. The van der Waals surface area contributed by atoms with Gasteiger partial charge in [0.15, 0.2) is 0 Å². The van der Waals surface area contributed by atoms with Gasteiger partial charge in [0.05, 0.1) is 38.0 Å². The zero-order valence-electron chi connectivity index (χ0n) is 15.0. The first kappa shape index (κ1) is 18.2. The van der Waals surface area contributed by atoms with Crippen molar-refractivity contribution in [1.29, 1.82) is 0 Å². The van der Waals surface area contributed by atoms with Gasteiger partial charge in [-0.1, -0.05) is 24.3 Å². The lowest BCUT2D eigenvalue weighted by molar-refractivity contribution is -0.147. The molecule has 0 spiro atoms. The molecule has 3 atom stereocenters. The van der Waals surface area contributed by atoms with Gasteiger partial charge in [-0.3, -0.25) is 19.3 Å². The van der Waals surface area contributed by atoms with E-state index in [1.54, 1.807) is 24.3 Å². The normalized spacial score (nSPS) is 22.9. The van der Waals surface area contributed by atoms with Crippen LogP contribution in [0.1, 0.15) is 37.8 Å². The Labute approximate surface area is 152 Å². The Morgan fingerprint density at radius 3 is 2.58 bits per heavy atom. The number of benzene rings is 1. The molecule has 0 saturated carbocycles. The van der Waals surface area contributed by atoms with Crippen LogP contribution in [0.2, 0.25) is 0 Å². The van der Waals surface area contributed by atoms with Crippen molar-refractivity contribution in [2.24, 2.45) is 11.8 Å². The summed E-state index contributed by atoms with van der Waals surface area (Å²) in [5.41, 5.74) is 0.711. The monoisotopic (exact) mass is 357 g/mol. The van der Waals surface area contributed by atoms with Gasteiger partial charge in [0.1, 0.15) is 5.75 Å². The molecule has 2 amide bonds. The standard InChI is InChI=1S/C20H23NO5/c1-3-26-14-10-8-13(9-11-14)17(12-18(22)25-2)21-19(23)15-6-4-5-7-16(15)20(21)24/h4,6,8-11,15-17H,3,5,7,12H2,1-2H3. The van der Waals surface area contributed by atoms with Gasteiger partial charge in [-0.05, 0) is 37.5 Å². The molecular weight excluding hydrogens is 334 g/mol. The van der Waals surface area contributed by atoms with E-state index in [4.69, 9.17) is 9.47 Å². The van der Waals surface area contributed by atoms with E-state index < -0.39 is 17.9 Å². The molecule has 3 rings (SSSR count). The summed E-state index contributed by atoms with van der Waals surface area (Å²) in [4.78, 5) is 39.0. The van der Waals surface area contributed by atoms with Crippen LogP contribution in [0.25, 0.3) is 0 Å². The molecule has 0 radical (unpaired) electrons. The van der Waals surface area contributed by atoms with Crippen molar-refractivity contribution in [2.45, 2.75) is 32.2 Å². The average Bonchev–Trinajstić information content (AvgIpc) is 2.92. The molecule has 0 N–H and O–H groups in total. The van der Waals surface area contributed by atoms with Crippen LogP contribution in [0, 0.1) is 11.8 Å². The summed E-state index contributed by atoms with van der Waals surface area (Å²) in [6.45, 7) is 2.44. The number of hydrogen-bond acceptors (Lipinski definition) is 5. The molecule has 1 heterocycles. The van der Waals surface area contributed by atoms with Crippen LogP contribution < -0.4 is 4.74 Å². The molecule has 2 aliphatic rings. The molecule has 138 valence electrons. The lowest BCUT2D eigenvalue weighted by Gasteiger charge is -2.26. The van der Waals surface area contributed by atoms with Crippen LogP contribution in [0.15, 0.2) is 36.4 Å². The zero-order chi connectivity index (χ0) is 18.7. The molecule has 1 aromatic rings. The highest BCUT2D eigenvalue weighted by Crippen LogP contribution is 2.40. The van der Waals surface area contributed by atoms with Crippen LogP contribution >= 0.6 is 0 Å². The molecule has 1 aromatic carbocycles. The Bertz CT molecular complexity index is 724. The Morgan fingerprint density at radius 1 is 1.23 bits per heavy atom. The fraction of sp³-hybridized carbons (Fsp3) is 0.450. The van der Waals surface area contributed by atoms with E-state index in [9.17, 15) is 14.4 Å². The van der Waals surface area contributed by atoms with Gasteiger partial charge in [0, 0.05) is 0 Å². The molecule has 1 aliphatic heterocycles. The maximum atomic E-state index is 12.9. The summed E-state index contributed by atoms with van der Waals surface area (Å²) in [5.74, 6) is -0.945. The highest BCUT2D eigenvalue weighted by Gasteiger charge is 2.49. The number of fused-ring (bicyclic) bond motifs is 1. The first-order chi connectivity index (χ1) is 12.6. The Hall–Kier alpha value is -2.63. The summed E-state index contributed by atoms with van der Waals surface area (Å²) in [6.07, 6.45) is 5.16. The number of imide groups is 1. The number of methoxy groups -OCH3 is 1. The molecule has 6 heteroatoms. The van der Waals surface area contributed by atoms with E-state index in [2.05, 4.69) is 0 Å². The topological polar surface area (TPSA) is 72.9 Å². The highest BCUT2D eigenvalue weighted by atomic mass is 16.5. The van der Waals surface area contributed by atoms with Crippen molar-refractivity contribution in [1.82, 2.24) is 4.90 Å². The number of likely N-dealkylation sites (tertiary alicyclic amines) is 1. The second kappa shape index (κ2) is 7.72. The van der Waals surface area contributed by atoms with Crippen LogP contribution in [-0.2, 0) is 19.1 Å². The van der Waals surface area contributed by atoms with Crippen molar-refractivity contribution < 1.29 is 23.9 Å². The SMILES string of the molecule is CCOc1ccc(C(CC(=O)OC)N2C(=O)C3C=CCCC3C2=O)cc1. The summed E-state index contributed by atoms with van der Waals surface area (Å²) in [7, 11) is 1.30. The van der Waals surface area contributed by atoms with Crippen molar-refractivity contribution in [2.75, 3.05) is 13.7 Å². The fourth-order valence-electron chi connectivity index (χ4n) is 3.67. The first-order valence-electron chi connectivity index (χ1n) is 8.90. The largest absolute Gasteiger partial charge is 0.494 e. The third kappa shape index (κ3) is 3.36. The average molecular weight is 357 g/mol. The van der Waals surface area contributed by atoms with E-state index >= 15 is 0 Å².